The maximum absolute atomic E-state index is 12.5. The van der Waals surface area contributed by atoms with Crippen LogP contribution in [0.2, 0.25) is 0 Å². The van der Waals surface area contributed by atoms with Crippen LogP contribution in [0.4, 0.5) is 24.5 Å². The number of rotatable bonds is 5. The van der Waals surface area contributed by atoms with Gasteiger partial charge in [-0.1, -0.05) is 0 Å². The number of pyridine rings is 1. The fourth-order valence-electron chi connectivity index (χ4n) is 1.42. The maximum Gasteiger partial charge on any atom is 0.433 e. The van der Waals surface area contributed by atoms with Crippen LogP contribution in [0.3, 0.4) is 0 Å². The first-order valence-electron chi connectivity index (χ1n) is 5.27. The Hall–Kier alpha value is -2.39. The first-order chi connectivity index (χ1) is 9.12. The van der Waals surface area contributed by atoms with E-state index in [0.29, 0.717) is 12.3 Å². The SMILES string of the molecule is CN(CCC(=O)O)c1cc(C(F)(F)F)ncc1[N+](=O)[O-]. The molecule has 0 radical (unpaired) electrons. The first-order valence-corrected chi connectivity index (χ1v) is 5.27. The van der Waals surface area contributed by atoms with Crippen molar-refractivity contribution in [2.75, 3.05) is 18.5 Å². The van der Waals surface area contributed by atoms with Gasteiger partial charge in [0, 0.05) is 13.6 Å². The third-order valence-corrected chi connectivity index (χ3v) is 2.42. The van der Waals surface area contributed by atoms with Crippen LogP contribution in [0, 0.1) is 10.1 Å². The van der Waals surface area contributed by atoms with Crippen molar-refractivity contribution in [1.29, 1.82) is 0 Å². The van der Waals surface area contributed by atoms with Gasteiger partial charge in [-0.2, -0.15) is 13.2 Å². The summed E-state index contributed by atoms with van der Waals surface area (Å²) in [7, 11) is 1.27. The van der Waals surface area contributed by atoms with Gasteiger partial charge in [0.1, 0.15) is 17.6 Å². The van der Waals surface area contributed by atoms with Gasteiger partial charge < -0.3 is 10.0 Å². The molecular weight excluding hydrogens is 283 g/mol. The van der Waals surface area contributed by atoms with Gasteiger partial charge in [-0.3, -0.25) is 14.9 Å². The average molecular weight is 293 g/mol. The number of carbonyl (C=O) groups is 1. The predicted octanol–water partition coefficient (Wildman–Crippen LogP) is 1.92. The highest BCUT2D eigenvalue weighted by Crippen LogP contribution is 2.34. The lowest BCUT2D eigenvalue weighted by molar-refractivity contribution is -0.384. The number of halogens is 3. The summed E-state index contributed by atoms with van der Waals surface area (Å²) >= 11 is 0. The van der Waals surface area contributed by atoms with Gasteiger partial charge >= 0.3 is 17.8 Å². The van der Waals surface area contributed by atoms with E-state index in [0.717, 1.165) is 4.90 Å². The molecule has 0 atom stereocenters. The molecule has 0 aromatic carbocycles. The predicted molar refractivity (Wildman–Crippen MR) is 61.4 cm³/mol. The molecular formula is C10H10F3N3O4. The minimum Gasteiger partial charge on any atom is -0.481 e. The van der Waals surface area contributed by atoms with E-state index in [9.17, 15) is 28.1 Å². The molecule has 10 heteroatoms. The van der Waals surface area contributed by atoms with E-state index in [-0.39, 0.29) is 18.7 Å². The second-order valence-corrected chi connectivity index (χ2v) is 3.88. The van der Waals surface area contributed by atoms with Crippen molar-refractivity contribution in [2.24, 2.45) is 0 Å². The second kappa shape index (κ2) is 5.72. The van der Waals surface area contributed by atoms with Gasteiger partial charge in [-0.15, -0.1) is 0 Å². The first kappa shape index (κ1) is 15.7. The highest BCUT2D eigenvalue weighted by atomic mass is 19.4. The van der Waals surface area contributed by atoms with Crippen LogP contribution in [0.1, 0.15) is 12.1 Å². The van der Waals surface area contributed by atoms with Gasteiger partial charge in [0.2, 0.25) is 0 Å². The van der Waals surface area contributed by atoms with E-state index in [2.05, 4.69) is 4.98 Å². The normalized spacial score (nSPS) is 11.2. The third-order valence-electron chi connectivity index (χ3n) is 2.42. The molecule has 0 aliphatic rings. The topological polar surface area (TPSA) is 96.6 Å². The van der Waals surface area contributed by atoms with E-state index in [1.54, 1.807) is 0 Å². The molecule has 0 aliphatic heterocycles. The molecule has 1 rings (SSSR count). The number of alkyl halides is 3. The monoisotopic (exact) mass is 293 g/mol. The molecule has 0 fully saturated rings. The fraction of sp³-hybridized carbons (Fsp3) is 0.400. The Labute approximate surface area is 110 Å². The number of nitro groups is 1. The van der Waals surface area contributed by atoms with Gasteiger partial charge in [-0.25, -0.2) is 4.98 Å². The number of aliphatic carboxylic acids is 1. The lowest BCUT2D eigenvalue weighted by atomic mass is 10.2. The third kappa shape index (κ3) is 3.80. The molecule has 7 nitrogen and oxygen atoms in total. The van der Waals surface area contributed by atoms with Crippen molar-refractivity contribution in [2.45, 2.75) is 12.6 Å². The Morgan fingerprint density at radius 1 is 1.55 bits per heavy atom. The zero-order valence-electron chi connectivity index (χ0n) is 10.2. The Bertz CT molecular complexity index is 533. The summed E-state index contributed by atoms with van der Waals surface area (Å²) in [6, 6.07) is 0.528. The van der Waals surface area contributed by atoms with Gasteiger partial charge in [0.25, 0.3) is 0 Å². The zero-order chi connectivity index (χ0) is 15.5. The summed E-state index contributed by atoms with van der Waals surface area (Å²) in [5.41, 5.74) is -2.23. The summed E-state index contributed by atoms with van der Waals surface area (Å²) in [6.07, 6.45) is -4.59. The number of anilines is 1. The number of aromatic nitrogens is 1. The van der Waals surface area contributed by atoms with Crippen molar-refractivity contribution in [1.82, 2.24) is 4.98 Å². The van der Waals surface area contributed by atoms with Crippen LogP contribution in [-0.2, 0) is 11.0 Å². The maximum atomic E-state index is 12.5. The minimum atomic E-state index is -4.74. The van der Waals surface area contributed by atoms with E-state index >= 15 is 0 Å². The van der Waals surface area contributed by atoms with E-state index < -0.39 is 28.5 Å². The quantitative estimate of drug-likeness (QED) is 0.658. The molecule has 0 aliphatic carbocycles. The molecule has 0 unspecified atom stereocenters. The van der Waals surface area contributed by atoms with E-state index in [1.807, 2.05) is 0 Å². The van der Waals surface area contributed by atoms with Crippen LogP contribution < -0.4 is 4.90 Å². The highest BCUT2D eigenvalue weighted by molar-refractivity contribution is 5.69. The Balaban J connectivity index is 3.18. The molecule has 0 amide bonds. The lowest BCUT2D eigenvalue weighted by Gasteiger charge is -2.19. The van der Waals surface area contributed by atoms with Crippen LogP contribution in [0.5, 0.6) is 0 Å². The summed E-state index contributed by atoms with van der Waals surface area (Å²) in [6.45, 7) is -0.169. The molecule has 0 spiro atoms. The minimum absolute atomic E-state index is 0.169. The van der Waals surface area contributed by atoms with Gasteiger partial charge in [0.15, 0.2) is 0 Å². The molecule has 110 valence electrons. The molecule has 1 N–H and O–H groups in total. The van der Waals surface area contributed by atoms with E-state index in [1.165, 1.54) is 7.05 Å². The molecule has 20 heavy (non-hydrogen) atoms. The van der Waals surface area contributed by atoms with E-state index in [4.69, 9.17) is 5.11 Å². The molecule has 1 heterocycles. The van der Waals surface area contributed by atoms with Crippen LogP contribution in [-0.4, -0.2) is 34.6 Å². The van der Waals surface area contributed by atoms with Gasteiger partial charge in [-0.05, 0) is 6.07 Å². The number of carboxylic acid groups (broad SMARTS) is 1. The van der Waals surface area contributed by atoms with Gasteiger partial charge in [0.05, 0.1) is 11.3 Å². The highest BCUT2D eigenvalue weighted by Gasteiger charge is 2.34. The summed E-state index contributed by atoms with van der Waals surface area (Å²) in [5.74, 6) is -1.16. The molecule has 1 aromatic heterocycles. The molecule has 0 bridgehead atoms. The van der Waals surface area contributed by atoms with Crippen molar-refractivity contribution in [3.8, 4) is 0 Å². The lowest BCUT2D eigenvalue weighted by Crippen LogP contribution is -2.23. The van der Waals surface area contributed by atoms with Crippen molar-refractivity contribution >= 4 is 17.3 Å². The number of carboxylic acids is 1. The largest absolute Gasteiger partial charge is 0.481 e. The summed E-state index contributed by atoms with van der Waals surface area (Å²) in [5, 5.41) is 19.3. The number of hydrogen-bond acceptors (Lipinski definition) is 5. The Kier molecular flexibility index (Phi) is 4.48. The zero-order valence-corrected chi connectivity index (χ0v) is 10.2. The van der Waals surface area contributed by atoms with Crippen molar-refractivity contribution < 1.29 is 28.0 Å². The van der Waals surface area contributed by atoms with Crippen molar-refractivity contribution in [3.63, 3.8) is 0 Å². The number of hydrogen-bond donors (Lipinski definition) is 1. The molecule has 1 aromatic rings. The number of nitrogens with zero attached hydrogens (tertiary/aromatic N) is 3. The molecule has 0 saturated carbocycles. The van der Waals surface area contributed by atoms with Crippen molar-refractivity contribution in [3.05, 3.63) is 28.1 Å². The second-order valence-electron chi connectivity index (χ2n) is 3.88. The Morgan fingerprint density at radius 3 is 2.60 bits per heavy atom. The Morgan fingerprint density at radius 2 is 2.15 bits per heavy atom. The average Bonchev–Trinajstić information content (AvgIpc) is 2.33. The smallest absolute Gasteiger partial charge is 0.433 e. The standard InChI is InChI=1S/C10H10F3N3O4/c1-15(3-2-9(17)18)6-4-8(10(11,12)13)14-5-7(6)16(19)20/h4-5H,2-3H2,1H3,(H,17,18). The molecule has 0 saturated heterocycles. The van der Waals surface area contributed by atoms with Crippen LogP contribution >= 0.6 is 0 Å². The summed E-state index contributed by atoms with van der Waals surface area (Å²) < 4.78 is 37.6. The fourth-order valence-corrected chi connectivity index (χ4v) is 1.42. The van der Waals surface area contributed by atoms with Crippen LogP contribution in [0.15, 0.2) is 12.3 Å². The summed E-state index contributed by atoms with van der Waals surface area (Å²) in [4.78, 5) is 24.4. The van der Waals surface area contributed by atoms with Crippen LogP contribution in [0.25, 0.3) is 0 Å².